The summed E-state index contributed by atoms with van der Waals surface area (Å²) in [5.74, 6) is 0.588. The van der Waals surface area contributed by atoms with Gasteiger partial charge in [0, 0.05) is 13.2 Å². The van der Waals surface area contributed by atoms with Gasteiger partial charge in [-0.2, -0.15) is 0 Å². The zero-order valence-corrected chi connectivity index (χ0v) is 11.5. The van der Waals surface area contributed by atoms with E-state index >= 15 is 0 Å². The van der Waals surface area contributed by atoms with Crippen LogP contribution in [-0.2, 0) is 16.1 Å². The van der Waals surface area contributed by atoms with Crippen LogP contribution in [0.5, 0.6) is 5.75 Å². The third-order valence-corrected chi connectivity index (χ3v) is 3.30. The summed E-state index contributed by atoms with van der Waals surface area (Å²) in [4.78, 5) is 0. The molecule has 0 aromatic heterocycles. The quantitative estimate of drug-likeness (QED) is 0.369. The van der Waals surface area contributed by atoms with Crippen molar-refractivity contribution in [3.63, 3.8) is 0 Å². The SMILES string of the molecule is COc1ccc(COC2CCOCC2)cc1C(N)=NO. The molecule has 0 bridgehead atoms. The summed E-state index contributed by atoms with van der Waals surface area (Å²) in [5, 5.41) is 11.8. The van der Waals surface area contributed by atoms with Gasteiger partial charge in [0.2, 0.25) is 0 Å². The fourth-order valence-corrected chi connectivity index (χ4v) is 2.16. The van der Waals surface area contributed by atoms with Crippen molar-refractivity contribution in [2.24, 2.45) is 10.9 Å². The Bertz CT molecular complexity index is 470. The van der Waals surface area contributed by atoms with Crippen LogP contribution < -0.4 is 10.5 Å². The first-order chi connectivity index (χ1) is 9.74. The maximum absolute atomic E-state index is 8.80. The molecule has 20 heavy (non-hydrogen) atoms. The van der Waals surface area contributed by atoms with E-state index in [0.29, 0.717) is 17.9 Å². The second kappa shape index (κ2) is 7.12. The van der Waals surface area contributed by atoms with Gasteiger partial charge in [-0.15, -0.1) is 0 Å². The molecule has 6 nitrogen and oxygen atoms in total. The Morgan fingerprint density at radius 1 is 1.45 bits per heavy atom. The zero-order chi connectivity index (χ0) is 14.4. The smallest absolute Gasteiger partial charge is 0.173 e. The summed E-state index contributed by atoms with van der Waals surface area (Å²) in [7, 11) is 1.54. The molecule has 0 aliphatic carbocycles. The molecule has 2 rings (SSSR count). The zero-order valence-electron chi connectivity index (χ0n) is 11.5. The summed E-state index contributed by atoms with van der Waals surface area (Å²) in [6.45, 7) is 1.99. The highest BCUT2D eigenvalue weighted by Gasteiger charge is 2.15. The fourth-order valence-electron chi connectivity index (χ4n) is 2.16. The number of methoxy groups -OCH3 is 1. The monoisotopic (exact) mass is 280 g/mol. The molecule has 6 heteroatoms. The lowest BCUT2D eigenvalue weighted by Gasteiger charge is -2.22. The van der Waals surface area contributed by atoms with Gasteiger partial charge in [-0.3, -0.25) is 0 Å². The molecular formula is C14H20N2O4. The number of nitrogens with zero attached hydrogens (tertiary/aromatic N) is 1. The second-order valence-corrected chi connectivity index (χ2v) is 4.64. The first-order valence-corrected chi connectivity index (χ1v) is 6.58. The molecule has 0 unspecified atom stereocenters. The highest BCUT2D eigenvalue weighted by atomic mass is 16.5. The molecule has 1 aliphatic heterocycles. The first kappa shape index (κ1) is 14.6. The first-order valence-electron chi connectivity index (χ1n) is 6.58. The summed E-state index contributed by atoms with van der Waals surface area (Å²) in [6, 6.07) is 5.51. The molecule has 0 atom stereocenters. The highest BCUT2D eigenvalue weighted by molar-refractivity contribution is 5.99. The van der Waals surface area contributed by atoms with E-state index in [1.807, 2.05) is 12.1 Å². The number of ether oxygens (including phenoxy) is 3. The van der Waals surface area contributed by atoms with Gasteiger partial charge >= 0.3 is 0 Å². The van der Waals surface area contributed by atoms with Gasteiger partial charge in [0.1, 0.15) is 5.75 Å². The molecule has 0 saturated carbocycles. The Balaban J connectivity index is 2.04. The molecule has 0 radical (unpaired) electrons. The lowest BCUT2D eigenvalue weighted by atomic mass is 10.1. The number of hydrogen-bond acceptors (Lipinski definition) is 5. The summed E-state index contributed by atoms with van der Waals surface area (Å²) in [5.41, 5.74) is 7.16. The van der Waals surface area contributed by atoms with Gasteiger partial charge in [0.05, 0.1) is 25.4 Å². The lowest BCUT2D eigenvalue weighted by molar-refractivity contribution is -0.0390. The molecule has 1 aromatic rings. The summed E-state index contributed by atoms with van der Waals surface area (Å²) >= 11 is 0. The molecule has 1 aromatic carbocycles. The fraction of sp³-hybridized carbons (Fsp3) is 0.500. The van der Waals surface area contributed by atoms with E-state index in [1.165, 1.54) is 0 Å². The van der Waals surface area contributed by atoms with Crippen molar-refractivity contribution in [2.45, 2.75) is 25.6 Å². The van der Waals surface area contributed by atoms with Gasteiger partial charge in [-0.1, -0.05) is 11.2 Å². The average molecular weight is 280 g/mol. The van der Waals surface area contributed by atoms with E-state index in [1.54, 1.807) is 13.2 Å². The maximum atomic E-state index is 8.80. The van der Waals surface area contributed by atoms with Crippen LogP contribution in [0.15, 0.2) is 23.4 Å². The van der Waals surface area contributed by atoms with Gasteiger partial charge in [-0.05, 0) is 30.5 Å². The Labute approximate surface area is 118 Å². The van der Waals surface area contributed by atoms with Crippen molar-refractivity contribution in [1.29, 1.82) is 0 Å². The minimum absolute atomic E-state index is 0.0229. The van der Waals surface area contributed by atoms with Crippen molar-refractivity contribution in [3.05, 3.63) is 29.3 Å². The molecular weight excluding hydrogens is 260 g/mol. The highest BCUT2D eigenvalue weighted by Crippen LogP contribution is 2.21. The average Bonchev–Trinajstić information content (AvgIpc) is 2.52. The minimum atomic E-state index is 0.0229. The van der Waals surface area contributed by atoms with Crippen molar-refractivity contribution < 1.29 is 19.4 Å². The van der Waals surface area contributed by atoms with Crippen molar-refractivity contribution in [3.8, 4) is 5.75 Å². The normalized spacial score (nSPS) is 17.1. The van der Waals surface area contributed by atoms with E-state index in [4.69, 9.17) is 25.2 Å². The van der Waals surface area contributed by atoms with Crippen LogP contribution in [0.4, 0.5) is 0 Å². The van der Waals surface area contributed by atoms with E-state index in [9.17, 15) is 0 Å². The second-order valence-electron chi connectivity index (χ2n) is 4.64. The number of rotatable bonds is 5. The van der Waals surface area contributed by atoms with Crippen LogP contribution in [0.2, 0.25) is 0 Å². The van der Waals surface area contributed by atoms with Gasteiger partial charge in [0.15, 0.2) is 5.84 Å². The standard InChI is InChI=1S/C14H20N2O4/c1-18-13-3-2-10(8-12(13)14(15)16-17)9-20-11-4-6-19-7-5-11/h2-3,8,11,17H,4-7,9H2,1H3,(H2,15,16). The van der Waals surface area contributed by atoms with Crippen LogP contribution in [0.25, 0.3) is 0 Å². The number of amidine groups is 1. The number of benzene rings is 1. The molecule has 1 saturated heterocycles. The van der Waals surface area contributed by atoms with Gasteiger partial charge in [0.25, 0.3) is 0 Å². The Morgan fingerprint density at radius 3 is 2.85 bits per heavy atom. The Hall–Kier alpha value is -1.79. The Morgan fingerprint density at radius 2 is 2.20 bits per heavy atom. The topological polar surface area (TPSA) is 86.3 Å². The molecule has 1 heterocycles. The third kappa shape index (κ3) is 3.61. The van der Waals surface area contributed by atoms with E-state index < -0.39 is 0 Å². The largest absolute Gasteiger partial charge is 0.496 e. The van der Waals surface area contributed by atoms with Crippen LogP contribution >= 0.6 is 0 Å². The predicted molar refractivity (Wildman–Crippen MR) is 74.1 cm³/mol. The molecule has 0 spiro atoms. The number of hydrogen-bond donors (Lipinski definition) is 2. The number of oxime groups is 1. The van der Waals surface area contributed by atoms with E-state index in [2.05, 4.69) is 5.16 Å². The molecule has 1 aliphatic rings. The Kier molecular flexibility index (Phi) is 5.20. The minimum Gasteiger partial charge on any atom is -0.496 e. The molecule has 0 amide bonds. The number of nitrogens with two attached hydrogens (primary N) is 1. The van der Waals surface area contributed by atoms with Crippen LogP contribution in [-0.4, -0.2) is 37.5 Å². The summed E-state index contributed by atoms with van der Waals surface area (Å²) < 4.78 is 16.3. The van der Waals surface area contributed by atoms with Crippen molar-refractivity contribution in [1.82, 2.24) is 0 Å². The van der Waals surface area contributed by atoms with Crippen molar-refractivity contribution in [2.75, 3.05) is 20.3 Å². The van der Waals surface area contributed by atoms with Gasteiger partial charge < -0.3 is 25.2 Å². The third-order valence-electron chi connectivity index (χ3n) is 3.30. The van der Waals surface area contributed by atoms with E-state index in [-0.39, 0.29) is 11.9 Å². The molecule has 3 N–H and O–H groups in total. The molecule has 110 valence electrons. The summed E-state index contributed by atoms with van der Waals surface area (Å²) in [6.07, 6.45) is 2.07. The van der Waals surface area contributed by atoms with Gasteiger partial charge in [-0.25, -0.2) is 0 Å². The van der Waals surface area contributed by atoms with Crippen LogP contribution in [0, 0.1) is 0 Å². The lowest BCUT2D eigenvalue weighted by Crippen LogP contribution is -2.23. The van der Waals surface area contributed by atoms with Crippen LogP contribution in [0.3, 0.4) is 0 Å². The van der Waals surface area contributed by atoms with Crippen LogP contribution in [0.1, 0.15) is 24.0 Å². The molecule has 1 fully saturated rings. The van der Waals surface area contributed by atoms with E-state index in [0.717, 1.165) is 31.6 Å². The van der Waals surface area contributed by atoms with Crippen molar-refractivity contribution >= 4 is 5.84 Å². The predicted octanol–water partition coefficient (Wildman–Crippen LogP) is 1.49. The maximum Gasteiger partial charge on any atom is 0.173 e.